The van der Waals surface area contributed by atoms with Crippen LogP contribution in [-0.2, 0) is 0 Å². The number of aromatic nitrogens is 4. The number of hydrogen-bond acceptors (Lipinski definition) is 4. The number of fused-ring (bicyclic) bond motifs is 1. The second kappa shape index (κ2) is 13.9. The number of rotatable bonds is 7. The average Bonchev–Trinajstić information content (AvgIpc) is 3.24. The van der Waals surface area contributed by atoms with Gasteiger partial charge in [-0.05, 0) is 36.1 Å². The summed E-state index contributed by atoms with van der Waals surface area (Å²) in [6.45, 7) is 0. The summed E-state index contributed by atoms with van der Waals surface area (Å²) in [5.74, 6) is 0.725. The monoisotopic (exact) mass is 666 g/mol. The third-order valence-corrected chi connectivity index (χ3v) is 9.50. The summed E-state index contributed by atoms with van der Waals surface area (Å²) >= 11 is 0. The Morgan fingerprint density at radius 2 is 0.673 bits per heavy atom. The molecular weight excluding hydrogens is 633 g/mol. The van der Waals surface area contributed by atoms with Gasteiger partial charge in [0.25, 0.3) is 0 Å². The molecule has 1 aliphatic carbocycles. The summed E-state index contributed by atoms with van der Waals surface area (Å²) in [5.41, 5.74) is 12.6. The van der Waals surface area contributed by atoms with Crippen LogP contribution in [0.4, 0.5) is 0 Å². The molecule has 0 saturated heterocycles. The molecule has 0 saturated carbocycles. The van der Waals surface area contributed by atoms with Gasteiger partial charge in [-0.15, -0.1) is 0 Å². The lowest BCUT2D eigenvalue weighted by Gasteiger charge is -2.16. The second-order valence-electron chi connectivity index (χ2n) is 12.9. The molecule has 0 N–H and O–H groups in total. The Morgan fingerprint density at radius 3 is 1.19 bits per heavy atom. The van der Waals surface area contributed by atoms with E-state index in [9.17, 15) is 0 Å². The first-order valence-electron chi connectivity index (χ1n) is 17.7. The van der Waals surface area contributed by atoms with E-state index in [4.69, 9.17) is 19.9 Å². The molecule has 0 unspecified atom stereocenters. The summed E-state index contributed by atoms with van der Waals surface area (Å²) in [6, 6.07) is 58.6. The fraction of sp³-hybridized carbons (Fsp3) is 0.0417. The molecular formula is C48H34N4. The molecule has 52 heavy (non-hydrogen) atoms. The van der Waals surface area contributed by atoms with E-state index >= 15 is 0 Å². The van der Waals surface area contributed by atoms with Crippen LogP contribution in [0.25, 0.3) is 91.0 Å². The number of nitrogens with zero attached hydrogens (tertiary/aromatic N) is 4. The van der Waals surface area contributed by atoms with Crippen LogP contribution in [0.15, 0.2) is 170 Å². The van der Waals surface area contributed by atoms with Gasteiger partial charge in [0, 0.05) is 38.6 Å². The van der Waals surface area contributed by atoms with Crippen molar-refractivity contribution in [2.24, 2.45) is 0 Å². The first-order chi connectivity index (χ1) is 25.8. The van der Waals surface area contributed by atoms with Crippen molar-refractivity contribution in [2.45, 2.75) is 12.8 Å². The maximum atomic E-state index is 5.46. The molecule has 0 bridgehead atoms. The van der Waals surface area contributed by atoms with Crippen LogP contribution in [0.3, 0.4) is 0 Å². The Hall–Kier alpha value is -6.78. The van der Waals surface area contributed by atoms with E-state index in [1.54, 1.807) is 0 Å². The summed E-state index contributed by atoms with van der Waals surface area (Å²) in [7, 11) is 0. The van der Waals surface area contributed by atoms with E-state index in [1.165, 1.54) is 0 Å². The fourth-order valence-electron chi connectivity index (χ4n) is 6.95. The van der Waals surface area contributed by atoms with Crippen molar-refractivity contribution in [1.82, 2.24) is 19.9 Å². The van der Waals surface area contributed by atoms with Gasteiger partial charge in [0.2, 0.25) is 0 Å². The normalized spacial score (nSPS) is 12.0. The summed E-state index contributed by atoms with van der Waals surface area (Å²) in [6.07, 6.45) is 6.49. The molecule has 0 fully saturated rings. The van der Waals surface area contributed by atoms with Crippen LogP contribution in [-0.4, -0.2) is 19.9 Å². The van der Waals surface area contributed by atoms with Gasteiger partial charge in [0.1, 0.15) is 0 Å². The molecule has 0 spiro atoms. The van der Waals surface area contributed by atoms with Crippen molar-refractivity contribution < 1.29 is 0 Å². The quantitative estimate of drug-likeness (QED) is 0.170. The van der Waals surface area contributed by atoms with E-state index in [1.807, 2.05) is 36.4 Å². The van der Waals surface area contributed by atoms with Crippen LogP contribution in [0.1, 0.15) is 12.8 Å². The summed E-state index contributed by atoms with van der Waals surface area (Å²) in [4.78, 5) is 21.1. The van der Waals surface area contributed by atoms with Crippen molar-refractivity contribution in [3.8, 4) is 78.8 Å². The number of hydrogen-bond donors (Lipinski definition) is 0. The Morgan fingerprint density at radius 1 is 0.288 bits per heavy atom. The van der Waals surface area contributed by atoms with Crippen LogP contribution in [0.2, 0.25) is 0 Å². The van der Waals surface area contributed by atoms with E-state index in [-0.39, 0.29) is 0 Å². The molecule has 6 aromatic carbocycles. The minimum Gasteiger partial charge on any atom is -0.243 e. The molecule has 9 rings (SSSR count). The van der Waals surface area contributed by atoms with Crippen molar-refractivity contribution >= 4 is 12.2 Å². The molecule has 2 aromatic heterocycles. The molecule has 0 radical (unpaired) electrons. The Bertz CT molecular complexity index is 2660. The van der Waals surface area contributed by atoms with E-state index in [2.05, 4.69) is 146 Å². The van der Waals surface area contributed by atoms with Crippen molar-refractivity contribution in [1.29, 1.82) is 0 Å². The highest BCUT2D eigenvalue weighted by Crippen LogP contribution is 2.38. The molecule has 0 amide bonds. The predicted octanol–water partition coefficient (Wildman–Crippen LogP) is 10.3. The maximum Gasteiger partial charge on any atom is 0.160 e. The van der Waals surface area contributed by atoms with Gasteiger partial charge < -0.3 is 0 Å². The fourth-order valence-corrected chi connectivity index (χ4v) is 6.95. The molecule has 0 aliphatic heterocycles. The van der Waals surface area contributed by atoms with Gasteiger partial charge in [-0.2, -0.15) is 0 Å². The molecule has 246 valence electrons. The minimum atomic E-state index is 0.725. The topological polar surface area (TPSA) is 51.6 Å². The van der Waals surface area contributed by atoms with E-state index in [0.717, 1.165) is 102 Å². The highest BCUT2D eigenvalue weighted by atomic mass is 14.9. The molecule has 8 aromatic rings. The third-order valence-electron chi connectivity index (χ3n) is 9.50. The average molecular weight is 667 g/mol. The van der Waals surface area contributed by atoms with Gasteiger partial charge in [0.05, 0.1) is 33.8 Å². The molecule has 4 nitrogen and oxygen atoms in total. The highest BCUT2D eigenvalue weighted by molar-refractivity contribution is 5.87. The van der Waals surface area contributed by atoms with Gasteiger partial charge in [-0.1, -0.05) is 170 Å². The van der Waals surface area contributed by atoms with E-state index < -0.39 is 0 Å². The molecule has 1 aliphatic rings. The largest absolute Gasteiger partial charge is 0.243 e. The lowest BCUT2D eigenvalue weighted by Crippen LogP contribution is -2.33. The van der Waals surface area contributed by atoms with Crippen LogP contribution in [0, 0.1) is 0 Å². The highest BCUT2D eigenvalue weighted by Gasteiger charge is 2.20. The Balaban J connectivity index is 1.19. The van der Waals surface area contributed by atoms with Gasteiger partial charge >= 0.3 is 0 Å². The zero-order valence-corrected chi connectivity index (χ0v) is 28.5. The van der Waals surface area contributed by atoms with Gasteiger partial charge in [-0.25, -0.2) is 19.9 Å². The van der Waals surface area contributed by atoms with Gasteiger partial charge in [0.15, 0.2) is 5.82 Å². The smallest absolute Gasteiger partial charge is 0.160 e. The molecule has 0 atom stereocenters. The van der Waals surface area contributed by atoms with Crippen molar-refractivity contribution in [2.75, 3.05) is 0 Å². The lowest BCUT2D eigenvalue weighted by molar-refractivity contribution is 1.04. The minimum absolute atomic E-state index is 0.725. The van der Waals surface area contributed by atoms with E-state index in [0.29, 0.717) is 0 Å². The zero-order valence-electron chi connectivity index (χ0n) is 28.5. The Kier molecular flexibility index (Phi) is 8.32. The molecule has 4 heteroatoms. The summed E-state index contributed by atoms with van der Waals surface area (Å²) in [5, 5.41) is 2.12. The SMILES string of the molecule is C1=c2nc(-c3cccc(-c4cccc(-c5nc(-c6ccccc6)c(-c6ccccc6)nc5-c5ccccc5)c4)c3)nc(-c3ccccc3)c2=CCC1. The number of benzene rings is 6. The third kappa shape index (κ3) is 6.12. The first-order valence-corrected chi connectivity index (χ1v) is 17.7. The maximum absolute atomic E-state index is 5.46. The van der Waals surface area contributed by atoms with Crippen molar-refractivity contribution in [3.63, 3.8) is 0 Å². The van der Waals surface area contributed by atoms with Crippen LogP contribution < -0.4 is 10.6 Å². The van der Waals surface area contributed by atoms with Gasteiger partial charge in [-0.3, -0.25) is 0 Å². The zero-order chi connectivity index (χ0) is 34.7. The van der Waals surface area contributed by atoms with Crippen molar-refractivity contribution in [3.05, 3.63) is 180 Å². The predicted molar refractivity (Wildman–Crippen MR) is 213 cm³/mol. The second-order valence-corrected chi connectivity index (χ2v) is 12.9. The first kappa shape index (κ1) is 31.2. The molecule has 2 heterocycles. The van der Waals surface area contributed by atoms with Crippen LogP contribution in [0.5, 0.6) is 0 Å². The van der Waals surface area contributed by atoms with Crippen LogP contribution >= 0.6 is 0 Å². The standard InChI is InChI=1S/C48H34N4/c1-5-17-33(18-6-1)43-41-29-13-14-30-42(41)49-48(52-43)40-28-16-26-38(32-40)37-25-15-27-39(31-37)47-46(36-23-11-4-12-24-36)50-44(34-19-7-2-8-20-34)45(51-47)35-21-9-3-10-22-35/h1-12,15-32H,13-14H2. The lowest BCUT2D eigenvalue weighted by atomic mass is 9.96. The Labute approximate surface area is 303 Å². The summed E-state index contributed by atoms with van der Waals surface area (Å²) < 4.78 is 0.